The Bertz CT molecular complexity index is 770. The molecule has 1 amide bonds. The van der Waals surface area contributed by atoms with Crippen LogP contribution < -0.4 is 4.90 Å². The van der Waals surface area contributed by atoms with Crippen LogP contribution in [0.15, 0.2) is 30.5 Å². The van der Waals surface area contributed by atoms with E-state index in [1.807, 2.05) is 12.1 Å². The van der Waals surface area contributed by atoms with Gasteiger partial charge in [0.2, 0.25) is 0 Å². The maximum absolute atomic E-state index is 11.6. The molecule has 0 spiro atoms. The molecule has 3 rings (SSSR count). The Morgan fingerprint density at radius 1 is 1.25 bits per heavy atom. The molecule has 1 aliphatic rings. The molecule has 1 saturated heterocycles. The number of phenols is 1. The first-order chi connectivity index (χ1) is 11.3. The average Bonchev–Trinajstić information content (AvgIpc) is 2.52. The minimum Gasteiger partial charge on any atom is -0.508 e. The number of pyridine rings is 1. The lowest BCUT2D eigenvalue weighted by molar-refractivity contribution is 0.0749. The minimum atomic E-state index is -0.862. The van der Waals surface area contributed by atoms with Gasteiger partial charge >= 0.3 is 6.09 Å². The van der Waals surface area contributed by atoms with Crippen molar-refractivity contribution in [3.05, 3.63) is 30.5 Å². The maximum atomic E-state index is 11.6. The fraction of sp³-hybridized carbons (Fsp3) is 0.444. The van der Waals surface area contributed by atoms with Crippen molar-refractivity contribution in [1.29, 1.82) is 0 Å². The second-order valence-electron chi connectivity index (χ2n) is 7.34. The van der Waals surface area contributed by atoms with Crippen molar-refractivity contribution in [2.24, 2.45) is 5.41 Å². The number of amides is 1. The van der Waals surface area contributed by atoms with Gasteiger partial charge in [-0.25, -0.2) is 4.79 Å². The molecular weight excluding hydrogens is 306 g/mol. The van der Waals surface area contributed by atoms with E-state index in [9.17, 15) is 15.0 Å². The lowest BCUT2D eigenvalue weighted by Crippen LogP contribution is -2.59. The van der Waals surface area contributed by atoms with Crippen molar-refractivity contribution in [2.75, 3.05) is 24.5 Å². The number of carboxylic acid groups (broad SMARTS) is 1. The van der Waals surface area contributed by atoms with Crippen LogP contribution in [-0.4, -0.2) is 51.9 Å². The van der Waals surface area contributed by atoms with E-state index in [1.165, 1.54) is 0 Å². The summed E-state index contributed by atoms with van der Waals surface area (Å²) < 4.78 is 0. The first-order valence-electron chi connectivity index (χ1n) is 8.09. The van der Waals surface area contributed by atoms with Gasteiger partial charge in [0.1, 0.15) is 5.75 Å². The molecule has 1 atom stereocenters. The first kappa shape index (κ1) is 16.4. The Balaban J connectivity index is 1.98. The highest BCUT2D eigenvalue weighted by Crippen LogP contribution is 2.33. The summed E-state index contributed by atoms with van der Waals surface area (Å²) in [6.07, 6.45) is 0.867. The SMILES string of the molecule is CC(C)(C)C1CN(c2ccnc3cc(O)ccc23)CCN1C(=O)O. The minimum absolute atomic E-state index is 0.0934. The Labute approximate surface area is 141 Å². The zero-order valence-electron chi connectivity index (χ0n) is 14.2. The molecule has 6 nitrogen and oxygen atoms in total. The molecule has 1 unspecified atom stereocenters. The summed E-state index contributed by atoms with van der Waals surface area (Å²) in [5.74, 6) is 0.190. The number of phenolic OH excluding ortho intramolecular Hbond substituents is 1. The molecule has 0 radical (unpaired) electrons. The number of fused-ring (bicyclic) bond motifs is 1. The van der Waals surface area contributed by atoms with Crippen molar-refractivity contribution in [3.63, 3.8) is 0 Å². The van der Waals surface area contributed by atoms with E-state index >= 15 is 0 Å². The summed E-state index contributed by atoms with van der Waals surface area (Å²) in [6, 6.07) is 7.03. The standard InChI is InChI=1S/C18H23N3O3/c1-18(2,3)16-11-20(8-9-21(16)17(23)24)15-6-7-19-14-10-12(22)4-5-13(14)15/h4-7,10,16,22H,8-9,11H2,1-3H3,(H,23,24). The third-order valence-corrected chi connectivity index (χ3v) is 4.67. The Kier molecular flexibility index (Phi) is 3.99. The van der Waals surface area contributed by atoms with E-state index in [4.69, 9.17) is 0 Å². The van der Waals surface area contributed by atoms with Crippen molar-refractivity contribution >= 4 is 22.7 Å². The van der Waals surface area contributed by atoms with E-state index in [2.05, 4.69) is 30.7 Å². The van der Waals surface area contributed by atoms with Crippen LogP contribution in [0, 0.1) is 5.41 Å². The Morgan fingerprint density at radius 3 is 2.67 bits per heavy atom. The first-order valence-corrected chi connectivity index (χ1v) is 8.09. The molecule has 1 aromatic carbocycles. The lowest BCUT2D eigenvalue weighted by atomic mass is 9.84. The Morgan fingerprint density at radius 2 is 2.00 bits per heavy atom. The summed E-state index contributed by atoms with van der Waals surface area (Å²) in [5.41, 5.74) is 1.61. The number of hydrogen-bond donors (Lipinski definition) is 2. The molecule has 24 heavy (non-hydrogen) atoms. The van der Waals surface area contributed by atoms with Crippen LogP contribution in [0.4, 0.5) is 10.5 Å². The van der Waals surface area contributed by atoms with Crippen LogP contribution in [0.5, 0.6) is 5.75 Å². The van der Waals surface area contributed by atoms with Crippen LogP contribution >= 0.6 is 0 Å². The van der Waals surface area contributed by atoms with Crippen LogP contribution in [0.25, 0.3) is 10.9 Å². The van der Waals surface area contributed by atoms with E-state index in [1.54, 1.807) is 23.2 Å². The molecule has 2 aromatic rings. The summed E-state index contributed by atoms with van der Waals surface area (Å²) in [7, 11) is 0. The highest BCUT2D eigenvalue weighted by molar-refractivity contribution is 5.92. The zero-order chi connectivity index (χ0) is 17.5. The van der Waals surface area contributed by atoms with Crippen molar-refractivity contribution in [1.82, 2.24) is 9.88 Å². The number of aromatic nitrogens is 1. The summed E-state index contributed by atoms with van der Waals surface area (Å²) in [5, 5.41) is 20.1. The van der Waals surface area contributed by atoms with Gasteiger partial charge in [-0.2, -0.15) is 0 Å². The highest BCUT2D eigenvalue weighted by Gasteiger charge is 2.38. The fourth-order valence-corrected chi connectivity index (χ4v) is 3.37. The molecule has 0 aliphatic carbocycles. The van der Waals surface area contributed by atoms with Crippen LogP contribution in [0.3, 0.4) is 0 Å². The molecule has 0 saturated carbocycles. The van der Waals surface area contributed by atoms with E-state index in [0.29, 0.717) is 19.6 Å². The largest absolute Gasteiger partial charge is 0.508 e. The number of nitrogens with zero attached hydrogens (tertiary/aromatic N) is 3. The monoisotopic (exact) mass is 329 g/mol. The molecule has 1 fully saturated rings. The molecule has 128 valence electrons. The van der Waals surface area contributed by atoms with Gasteiger partial charge in [-0.1, -0.05) is 20.8 Å². The number of benzene rings is 1. The lowest BCUT2D eigenvalue weighted by Gasteiger charge is -2.46. The van der Waals surface area contributed by atoms with E-state index < -0.39 is 6.09 Å². The van der Waals surface area contributed by atoms with Crippen molar-refractivity contribution in [2.45, 2.75) is 26.8 Å². The van der Waals surface area contributed by atoms with Gasteiger partial charge in [0.05, 0.1) is 11.6 Å². The average molecular weight is 329 g/mol. The second-order valence-corrected chi connectivity index (χ2v) is 7.34. The van der Waals surface area contributed by atoms with Gasteiger partial charge < -0.3 is 20.0 Å². The number of rotatable bonds is 1. The van der Waals surface area contributed by atoms with Crippen molar-refractivity contribution < 1.29 is 15.0 Å². The predicted molar refractivity (Wildman–Crippen MR) is 93.6 cm³/mol. The van der Waals surface area contributed by atoms with E-state index in [0.717, 1.165) is 16.6 Å². The quantitative estimate of drug-likeness (QED) is 0.840. The number of hydrogen-bond acceptors (Lipinski definition) is 4. The molecule has 1 aromatic heterocycles. The van der Waals surface area contributed by atoms with Gasteiger partial charge in [0.15, 0.2) is 0 Å². The van der Waals surface area contributed by atoms with Crippen LogP contribution in [0.2, 0.25) is 0 Å². The highest BCUT2D eigenvalue weighted by atomic mass is 16.4. The summed E-state index contributed by atoms with van der Waals surface area (Å²) >= 11 is 0. The molecule has 0 bridgehead atoms. The van der Waals surface area contributed by atoms with Crippen molar-refractivity contribution in [3.8, 4) is 5.75 Å². The topological polar surface area (TPSA) is 76.9 Å². The molecular formula is C18H23N3O3. The number of carbonyl (C=O) groups is 1. The third-order valence-electron chi connectivity index (χ3n) is 4.67. The second kappa shape index (κ2) is 5.85. The molecule has 2 N–H and O–H groups in total. The normalized spacial score (nSPS) is 18.9. The number of anilines is 1. The van der Waals surface area contributed by atoms with Crippen LogP contribution in [0.1, 0.15) is 20.8 Å². The van der Waals surface area contributed by atoms with E-state index in [-0.39, 0.29) is 17.2 Å². The predicted octanol–water partition coefficient (Wildman–Crippen LogP) is 3.16. The van der Waals surface area contributed by atoms with Gasteiger partial charge in [-0.3, -0.25) is 4.98 Å². The molecule has 2 heterocycles. The summed E-state index contributed by atoms with van der Waals surface area (Å²) in [6.45, 7) is 7.95. The van der Waals surface area contributed by atoms with Gasteiger partial charge in [-0.15, -0.1) is 0 Å². The van der Waals surface area contributed by atoms with Gasteiger partial charge in [0, 0.05) is 43.0 Å². The smallest absolute Gasteiger partial charge is 0.407 e. The third kappa shape index (κ3) is 2.96. The maximum Gasteiger partial charge on any atom is 0.407 e. The fourth-order valence-electron chi connectivity index (χ4n) is 3.37. The molecule has 6 heteroatoms. The van der Waals surface area contributed by atoms with Gasteiger partial charge in [-0.05, 0) is 23.6 Å². The molecule has 1 aliphatic heterocycles. The van der Waals surface area contributed by atoms with Crippen LogP contribution in [-0.2, 0) is 0 Å². The Hall–Kier alpha value is -2.50. The number of piperazine rings is 1. The summed E-state index contributed by atoms with van der Waals surface area (Å²) in [4.78, 5) is 19.7. The zero-order valence-corrected chi connectivity index (χ0v) is 14.2. The van der Waals surface area contributed by atoms with Gasteiger partial charge in [0.25, 0.3) is 0 Å². The number of aromatic hydroxyl groups is 1.